The van der Waals surface area contributed by atoms with Crippen molar-refractivity contribution in [2.75, 3.05) is 33.2 Å². The van der Waals surface area contributed by atoms with Crippen LogP contribution in [0.2, 0.25) is 0 Å². The van der Waals surface area contributed by atoms with Gasteiger partial charge in [0, 0.05) is 26.2 Å². The molecule has 2 rings (SSSR count). The lowest BCUT2D eigenvalue weighted by Gasteiger charge is -2.40. The third kappa shape index (κ3) is 4.43. The number of nitrogens with one attached hydrogen (secondary N) is 1. The van der Waals surface area contributed by atoms with Crippen LogP contribution in [0.4, 0.5) is 0 Å². The summed E-state index contributed by atoms with van der Waals surface area (Å²) in [6.45, 7) is 5.64. The molecule has 22 heavy (non-hydrogen) atoms. The Kier molecular flexibility index (Phi) is 5.81. The summed E-state index contributed by atoms with van der Waals surface area (Å²) in [5.74, 6) is -0.845. The van der Waals surface area contributed by atoms with Gasteiger partial charge >= 0.3 is 5.97 Å². The van der Waals surface area contributed by atoms with E-state index >= 15 is 0 Å². The molecule has 2 fully saturated rings. The number of amides is 1. The minimum absolute atomic E-state index is 0.0206. The van der Waals surface area contributed by atoms with Crippen molar-refractivity contribution in [1.82, 2.24) is 15.1 Å². The Bertz CT molecular complexity index is 399. The Morgan fingerprint density at radius 1 is 1.14 bits per heavy atom. The number of rotatable bonds is 5. The van der Waals surface area contributed by atoms with Crippen molar-refractivity contribution in [2.24, 2.45) is 0 Å². The summed E-state index contributed by atoms with van der Waals surface area (Å²) in [4.78, 5) is 28.3. The summed E-state index contributed by atoms with van der Waals surface area (Å²) in [6, 6.07) is -0.193. The third-order valence-electron chi connectivity index (χ3n) is 5.15. The maximum absolute atomic E-state index is 12.6. The lowest BCUT2D eigenvalue weighted by atomic mass is 9.79. The van der Waals surface area contributed by atoms with Gasteiger partial charge in [-0.3, -0.25) is 14.5 Å². The van der Waals surface area contributed by atoms with E-state index < -0.39 is 11.5 Å². The summed E-state index contributed by atoms with van der Waals surface area (Å²) in [5, 5.41) is 12.3. The molecule has 1 amide bonds. The van der Waals surface area contributed by atoms with Gasteiger partial charge < -0.3 is 15.3 Å². The second-order valence-corrected chi connectivity index (χ2v) is 6.92. The number of carbonyl (C=O) groups excluding carboxylic acids is 1. The Labute approximate surface area is 132 Å². The average molecular weight is 311 g/mol. The quantitative estimate of drug-likeness (QED) is 0.790. The summed E-state index contributed by atoms with van der Waals surface area (Å²) < 4.78 is 0. The Balaban J connectivity index is 1.96. The SMILES string of the molecule is C[C@@H](C(=O)NC1(CC(=O)O)CCCCC1)N1CCN(C)CC1. The highest BCUT2D eigenvalue weighted by Gasteiger charge is 2.37. The minimum atomic E-state index is -0.825. The van der Waals surface area contributed by atoms with Gasteiger partial charge in [0.25, 0.3) is 0 Å². The normalized spacial score (nSPS) is 24.6. The van der Waals surface area contributed by atoms with Crippen LogP contribution in [-0.2, 0) is 9.59 Å². The highest BCUT2D eigenvalue weighted by Crippen LogP contribution is 2.31. The summed E-state index contributed by atoms with van der Waals surface area (Å²) in [5.41, 5.74) is -0.540. The number of aliphatic carboxylic acids is 1. The highest BCUT2D eigenvalue weighted by atomic mass is 16.4. The van der Waals surface area contributed by atoms with E-state index in [1.54, 1.807) is 0 Å². The van der Waals surface area contributed by atoms with Gasteiger partial charge in [0.2, 0.25) is 5.91 Å². The molecule has 0 bridgehead atoms. The van der Waals surface area contributed by atoms with Crippen molar-refractivity contribution < 1.29 is 14.7 Å². The molecule has 1 atom stereocenters. The molecular weight excluding hydrogens is 282 g/mol. The van der Waals surface area contributed by atoms with Crippen LogP contribution < -0.4 is 5.32 Å². The second kappa shape index (κ2) is 7.42. The second-order valence-electron chi connectivity index (χ2n) is 6.92. The van der Waals surface area contributed by atoms with E-state index in [4.69, 9.17) is 0 Å². The topological polar surface area (TPSA) is 72.9 Å². The molecule has 0 aromatic carbocycles. The van der Waals surface area contributed by atoms with Gasteiger partial charge in [0.1, 0.15) is 0 Å². The van der Waals surface area contributed by atoms with Crippen LogP contribution in [0.25, 0.3) is 0 Å². The molecule has 6 nitrogen and oxygen atoms in total. The monoisotopic (exact) mass is 311 g/mol. The van der Waals surface area contributed by atoms with Gasteiger partial charge in [0.15, 0.2) is 0 Å². The fourth-order valence-corrected chi connectivity index (χ4v) is 3.60. The molecule has 126 valence electrons. The fraction of sp³-hybridized carbons (Fsp3) is 0.875. The molecule has 1 heterocycles. The molecule has 2 aliphatic rings. The van der Waals surface area contributed by atoms with E-state index in [1.807, 2.05) is 6.92 Å². The van der Waals surface area contributed by atoms with Crippen molar-refractivity contribution in [3.63, 3.8) is 0 Å². The molecule has 1 aliphatic heterocycles. The van der Waals surface area contributed by atoms with Crippen LogP contribution in [0.1, 0.15) is 45.4 Å². The molecular formula is C16H29N3O3. The fourth-order valence-electron chi connectivity index (χ4n) is 3.60. The van der Waals surface area contributed by atoms with Gasteiger partial charge in [-0.05, 0) is 26.8 Å². The third-order valence-corrected chi connectivity index (χ3v) is 5.15. The minimum Gasteiger partial charge on any atom is -0.481 e. The van der Waals surface area contributed by atoms with Crippen LogP contribution in [-0.4, -0.2) is 71.6 Å². The molecule has 0 radical (unpaired) electrons. The highest BCUT2D eigenvalue weighted by molar-refractivity contribution is 5.83. The number of piperazine rings is 1. The number of nitrogens with zero attached hydrogens (tertiary/aromatic N) is 2. The number of likely N-dealkylation sites (N-methyl/N-ethyl adjacent to an activating group) is 1. The zero-order chi connectivity index (χ0) is 16.2. The molecule has 1 aliphatic carbocycles. The van der Waals surface area contributed by atoms with Crippen molar-refractivity contribution in [3.05, 3.63) is 0 Å². The van der Waals surface area contributed by atoms with E-state index in [0.29, 0.717) is 0 Å². The van der Waals surface area contributed by atoms with E-state index in [1.165, 1.54) is 0 Å². The molecule has 0 aromatic heterocycles. The van der Waals surface area contributed by atoms with E-state index in [9.17, 15) is 14.7 Å². The zero-order valence-electron chi connectivity index (χ0n) is 13.8. The largest absolute Gasteiger partial charge is 0.481 e. The van der Waals surface area contributed by atoms with Crippen molar-refractivity contribution in [1.29, 1.82) is 0 Å². The number of hydrogen-bond donors (Lipinski definition) is 2. The summed E-state index contributed by atoms with van der Waals surface area (Å²) >= 11 is 0. The smallest absolute Gasteiger partial charge is 0.305 e. The number of carbonyl (C=O) groups is 2. The molecule has 1 saturated heterocycles. The van der Waals surface area contributed by atoms with Crippen LogP contribution in [0.3, 0.4) is 0 Å². The van der Waals surface area contributed by atoms with Crippen LogP contribution in [0.5, 0.6) is 0 Å². The molecule has 6 heteroatoms. The van der Waals surface area contributed by atoms with E-state index in [0.717, 1.165) is 58.3 Å². The zero-order valence-corrected chi connectivity index (χ0v) is 13.8. The number of carboxylic acid groups (broad SMARTS) is 1. The van der Waals surface area contributed by atoms with Crippen molar-refractivity contribution in [2.45, 2.75) is 57.0 Å². The maximum atomic E-state index is 12.6. The first-order chi connectivity index (χ1) is 10.4. The van der Waals surface area contributed by atoms with Gasteiger partial charge in [-0.25, -0.2) is 0 Å². The summed E-state index contributed by atoms with van der Waals surface area (Å²) in [6.07, 6.45) is 4.72. The first-order valence-electron chi connectivity index (χ1n) is 8.38. The average Bonchev–Trinajstić information content (AvgIpc) is 2.47. The predicted octanol–water partition coefficient (Wildman–Crippen LogP) is 0.916. The maximum Gasteiger partial charge on any atom is 0.305 e. The molecule has 0 aromatic rings. The van der Waals surface area contributed by atoms with Crippen LogP contribution in [0.15, 0.2) is 0 Å². The van der Waals surface area contributed by atoms with E-state index in [2.05, 4.69) is 22.2 Å². The summed E-state index contributed by atoms with van der Waals surface area (Å²) in [7, 11) is 2.09. The lowest BCUT2D eigenvalue weighted by Crippen LogP contribution is -2.58. The van der Waals surface area contributed by atoms with Gasteiger partial charge in [0.05, 0.1) is 18.0 Å². The van der Waals surface area contributed by atoms with Crippen LogP contribution >= 0.6 is 0 Å². The Hall–Kier alpha value is -1.14. The Morgan fingerprint density at radius 3 is 2.27 bits per heavy atom. The number of hydrogen-bond acceptors (Lipinski definition) is 4. The van der Waals surface area contributed by atoms with Crippen LogP contribution in [0, 0.1) is 0 Å². The molecule has 2 N–H and O–H groups in total. The predicted molar refractivity (Wildman–Crippen MR) is 84.7 cm³/mol. The lowest BCUT2D eigenvalue weighted by molar-refractivity contribution is -0.140. The standard InChI is InChI=1S/C16H29N3O3/c1-13(19-10-8-18(2)9-11-19)15(22)17-16(12-14(20)21)6-4-3-5-7-16/h13H,3-12H2,1-2H3,(H,17,22)(H,20,21)/t13-/m0/s1. The molecule has 0 spiro atoms. The first-order valence-corrected chi connectivity index (χ1v) is 8.38. The van der Waals surface area contributed by atoms with Gasteiger partial charge in [-0.15, -0.1) is 0 Å². The first kappa shape index (κ1) is 17.2. The Morgan fingerprint density at radius 2 is 1.73 bits per heavy atom. The van der Waals surface area contributed by atoms with E-state index in [-0.39, 0.29) is 18.4 Å². The molecule has 0 unspecified atom stereocenters. The van der Waals surface area contributed by atoms with Crippen molar-refractivity contribution in [3.8, 4) is 0 Å². The van der Waals surface area contributed by atoms with Crippen molar-refractivity contribution >= 4 is 11.9 Å². The van der Waals surface area contributed by atoms with Gasteiger partial charge in [-0.1, -0.05) is 19.3 Å². The molecule has 1 saturated carbocycles. The number of carboxylic acids is 1. The van der Waals surface area contributed by atoms with Gasteiger partial charge in [-0.2, -0.15) is 0 Å².